The highest BCUT2D eigenvalue weighted by Crippen LogP contribution is 2.40. The molecule has 5 saturated heterocycles. The topological polar surface area (TPSA) is 374 Å². The summed E-state index contributed by atoms with van der Waals surface area (Å²) in [6.07, 6.45) is 17.3. The summed E-state index contributed by atoms with van der Waals surface area (Å²) in [7, 11) is 3.32. The number of piperazine rings is 1. The molecule has 31 nitrogen and oxygen atoms in total. The number of nitrogens with one attached hydrogen (secondary N) is 6. The maximum Gasteiger partial charge on any atom is 0.271 e. The number of aliphatic hydroxyl groups excluding tert-OH is 1. The molecule has 1 aliphatic carbocycles. The minimum absolute atomic E-state index is 0.0195. The zero-order valence-corrected chi connectivity index (χ0v) is 81.3. The molecule has 718 valence electrons. The largest absolute Gasteiger partial charge is 0.496 e. The predicted octanol–water partition coefficient (Wildman–Crippen LogP) is 14.6. The molecule has 11 heterocycles. The Morgan fingerprint density at radius 3 is 2.09 bits per heavy atom. The third kappa shape index (κ3) is 26.8. The van der Waals surface area contributed by atoms with Crippen molar-refractivity contribution in [1.29, 1.82) is 0 Å². The van der Waals surface area contributed by atoms with Gasteiger partial charge in [0, 0.05) is 181 Å². The van der Waals surface area contributed by atoms with Gasteiger partial charge in [0.1, 0.15) is 29.6 Å². The molecule has 2 atom stereocenters. The Morgan fingerprint density at radius 1 is 0.686 bits per heavy atom. The normalized spacial score (nSPS) is 17.6. The van der Waals surface area contributed by atoms with E-state index in [1.807, 2.05) is 104 Å². The fourth-order valence-electron chi connectivity index (χ4n) is 17.4. The monoisotopic (exact) mass is 1910 g/mol. The number of benzene rings is 6. The highest BCUT2D eigenvalue weighted by molar-refractivity contribution is 8.01. The van der Waals surface area contributed by atoms with Gasteiger partial charge in [-0.2, -0.15) is 0 Å². The maximum atomic E-state index is 13.4. The number of carbonyl (C=O) groups is 8. The number of anilines is 6. The first-order chi connectivity index (χ1) is 66.2. The number of amides is 6. The summed E-state index contributed by atoms with van der Waals surface area (Å²) in [4.78, 5) is 154. The quantitative estimate of drug-likeness (QED) is 0.0186. The summed E-state index contributed by atoms with van der Waals surface area (Å²) in [5.74, 6) is 1.68. The van der Waals surface area contributed by atoms with Crippen molar-refractivity contribution in [2.24, 2.45) is 5.41 Å². The third-order valence-corrected chi connectivity index (χ3v) is 28.9. The van der Waals surface area contributed by atoms with Gasteiger partial charge in [-0.1, -0.05) is 86.3 Å². The molecular formula is C103H120N18O13S3. The predicted molar refractivity (Wildman–Crippen MR) is 535 cm³/mol. The minimum Gasteiger partial charge on any atom is -0.496 e. The number of aromatic nitrogens is 7. The molecule has 11 aromatic rings. The van der Waals surface area contributed by atoms with Crippen molar-refractivity contribution < 1.29 is 57.7 Å². The number of ether oxygens (including phenoxy) is 3. The average molecular weight is 1910 g/mol. The summed E-state index contributed by atoms with van der Waals surface area (Å²) >= 11 is 4.42. The first kappa shape index (κ1) is 99.0. The number of hydrogen-bond donors (Lipinski definition) is 7. The van der Waals surface area contributed by atoms with Gasteiger partial charge in [-0.15, -0.1) is 11.3 Å². The number of aromatic amines is 1. The number of Topliss-reactive ketones (excluding diaryl/α,β-unsaturated/α-hetero) is 2. The average Bonchev–Trinajstić information content (AvgIpc) is 1.66. The van der Waals surface area contributed by atoms with Crippen molar-refractivity contribution >= 4 is 126 Å². The number of ketones is 2. The first-order valence-electron chi connectivity index (χ1n) is 47.0. The van der Waals surface area contributed by atoms with Gasteiger partial charge in [-0.05, 0) is 197 Å². The van der Waals surface area contributed by atoms with Gasteiger partial charge in [-0.3, -0.25) is 63.3 Å². The van der Waals surface area contributed by atoms with Crippen LogP contribution in [0.25, 0.3) is 21.5 Å². The zero-order valence-electron chi connectivity index (χ0n) is 78.8. The van der Waals surface area contributed by atoms with Crippen LogP contribution in [0.15, 0.2) is 178 Å². The van der Waals surface area contributed by atoms with E-state index in [4.69, 9.17) is 29.2 Å². The Kier molecular flexibility index (Phi) is 33.6. The molecule has 137 heavy (non-hydrogen) atoms. The van der Waals surface area contributed by atoms with Crippen molar-refractivity contribution in [1.82, 2.24) is 59.8 Å². The lowest BCUT2D eigenvalue weighted by molar-refractivity contribution is -0.130. The summed E-state index contributed by atoms with van der Waals surface area (Å²) in [5.41, 5.74) is 11.9. The van der Waals surface area contributed by atoms with Gasteiger partial charge in [0.25, 0.3) is 23.3 Å². The maximum absolute atomic E-state index is 13.4. The molecule has 1 unspecified atom stereocenters. The number of thiazole rings is 2. The lowest BCUT2D eigenvalue weighted by Gasteiger charge is -2.34. The fourth-order valence-corrected chi connectivity index (χ4v) is 20.3. The van der Waals surface area contributed by atoms with E-state index >= 15 is 0 Å². The smallest absolute Gasteiger partial charge is 0.271 e. The van der Waals surface area contributed by atoms with Crippen LogP contribution in [-0.2, 0) is 49.7 Å². The molecule has 6 aliphatic heterocycles. The molecule has 5 aromatic heterocycles. The van der Waals surface area contributed by atoms with Crippen LogP contribution < -0.4 is 51.4 Å². The summed E-state index contributed by atoms with van der Waals surface area (Å²) in [6, 6.07) is 45.0. The molecule has 1 saturated carbocycles. The van der Waals surface area contributed by atoms with E-state index < -0.39 is 0 Å². The molecular weight excluding hydrogens is 1790 g/mol. The standard InChI is InChI=1S/C32H41N5O4S2.C29H29N5O3S.C26H31N7O2.C16H19NO4/c1-20-16-26(41-7)25(30(40)37-14-12-36(13-15-37)22(3)38)17-27(20)42-28-19-34-31(43-28)35-29(39)24-10-8-23(9-11-24)18-33-21(2)32(4,5)6;35-23-9-6-19(7-10-23)30-29-31-20(14-18-4-2-1-3-5-18)15-21(32-29)16-26-33-24-11-8-22(17-25(24)38-26)34-27(36)12-13-28(34)37;1-27-24-16-28-15-23(30-24)19-13-22(26(35)29-14-19)31-25(34)18-6-8-20(9-7-18)33-12-4-5-21(33)17-32-10-2-3-11-32;18-14-10-13-9-12(1-2-16(13)21-11-14)15(19)3-4-17-5-7-20-8-6-17/h8-11,16-17,19,21,33H,12-15,18H2,1-7H3,(H,34,35,39);1-5,8,11,15,17,19,23,35H,6-7,9-10,12-14,16H2,(H,30,31,32);6-9,13-16,21H,2-5,10-12,17H2,1H3,(H,27,30)(H,29,35)(H,31,34);1-2,9H,3-8,10-11H2/t;;21-;/m..0./s1. The number of nitrogens with zero attached hydrogens (tertiary/aromatic N) is 12. The van der Waals surface area contributed by atoms with Crippen LogP contribution in [-0.4, -0.2) is 237 Å². The Morgan fingerprint density at radius 2 is 1.38 bits per heavy atom. The van der Waals surface area contributed by atoms with Crippen LogP contribution >= 0.6 is 34.4 Å². The number of pyridine rings is 1. The summed E-state index contributed by atoms with van der Waals surface area (Å²) < 4.78 is 18.0. The molecule has 0 spiro atoms. The van der Waals surface area contributed by atoms with E-state index in [0.717, 1.165) is 142 Å². The fraction of sp³-hybridized carbons (Fsp3) is 0.408. The number of imide groups is 1. The van der Waals surface area contributed by atoms with Crippen molar-refractivity contribution in [2.75, 3.05) is 137 Å². The molecule has 18 rings (SSSR count). The molecule has 6 aromatic carbocycles. The molecule has 6 amide bonds. The Hall–Kier alpha value is -12.5. The second-order valence-electron chi connectivity index (χ2n) is 36.5. The number of hydrogen-bond acceptors (Lipinski definition) is 28. The second-order valence-corrected chi connectivity index (χ2v) is 40.0. The van der Waals surface area contributed by atoms with Gasteiger partial charge in [0.15, 0.2) is 16.7 Å². The zero-order chi connectivity index (χ0) is 96.2. The van der Waals surface area contributed by atoms with Crippen LogP contribution in [0.1, 0.15) is 185 Å². The third-order valence-electron chi connectivity index (χ3n) is 25.7. The number of fused-ring (bicyclic) bond motifs is 2. The Labute approximate surface area is 810 Å². The second kappa shape index (κ2) is 46.5. The van der Waals surface area contributed by atoms with Crippen LogP contribution in [0.3, 0.4) is 0 Å². The van der Waals surface area contributed by atoms with Crippen LogP contribution in [0.4, 0.5) is 34.0 Å². The van der Waals surface area contributed by atoms with Gasteiger partial charge in [-0.25, -0.2) is 24.9 Å². The molecule has 0 radical (unpaired) electrons. The van der Waals surface area contributed by atoms with Crippen molar-refractivity contribution in [3.63, 3.8) is 0 Å². The van der Waals surface area contributed by atoms with Crippen molar-refractivity contribution in [2.45, 2.75) is 171 Å². The SMILES string of the molecule is CNc1cncc(-c2c[nH]c(=O)c(NC(=O)c3ccc(N4CCC[C@H]4CN4CCCC4)cc3)c2)n1.COc1cc(C)c(Sc2cnc(NC(=O)c3ccc(CNC(C)C(C)(C)C)cc3)s2)cc1C(=O)N1CCN(C(C)=O)CC1.O=C1CCC(=O)N1c1ccc2nc(Cc3cc(Cc4ccccc4)nc(NC4CCC(O)CC4)n3)sc2c1.O=C1COc2ccc(C(=O)CCN3CCOCC3)cc2C1. The van der Waals surface area contributed by atoms with E-state index in [1.165, 1.54) is 72.3 Å². The van der Waals surface area contributed by atoms with Gasteiger partial charge in [0.05, 0.1) is 92.8 Å². The molecule has 34 heteroatoms. The van der Waals surface area contributed by atoms with Crippen LogP contribution in [0, 0.1) is 12.3 Å². The van der Waals surface area contributed by atoms with Crippen molar-refractivity contribution in [3.05, 3.63) is 236 Å². The number of likely N-dealkylation sites (tertiary alicyclic amines) is 1. The van der Waals surface area contributed by atoms with Gasteiger partial charge in [0.2, 0.25) is 23.7 Å². The lowest BCUT2D eigenvalue weighted by Crippen LogP contribution is -2.50. The Balaban J connectivity index is 0.000000142. The highest BCUT2D eigenvalue weighted by Gasteiger charge is 2.34. The van der Waals surface area contributed by atoms with Crippen molar-refractivity contribution in [3.8, 4) is 22.8 Å². The number of H-pyrrole nitrogens is 1. The number of carbonyl (C=O) groups excluding carboxylic acids is 8. The number of morpholine rings is 1. The highest BCUT2D eigenvalue weighted by atomic mass is 32.2. The number of aliphatic hydroxyl groups is 1. The number of methoxy groups -OCH3 is 1. The minimum atomic E-state index is -0.377. The first-order valence-corrected chi connectivity index (χ1v) is 49.5. The summed E-state index contributed by atoms with van der Waals surface area (Å²) in [6.45, 7) is 23.8. The molecule has 6 fully saturated rings. The number of aryl methyl sites for hydroxylation is 1. The van der Waals surface area contributed by atoms with Gasteiger partial charge < -0.3 is 65.2 Å². The Bertz CT molecular complexity index is 6150. The van der Waals surface area contributed by atoms with E-state index in [2.05, 4.69) is 101 Å². The lowest BCUT2D eigenvalue weighted by atomic mass is 9.88. The van der Waals surface area contributed by atoms with Gasteiger partial charge >= 0.3 is 0 Å². The van der Waals surface area contributed by atoms with E-state index in [-0.39, 0.29) is 95.3 Å². The molecule has 0 bridgehead atoms. The summed E-state index contributed by atoms with van der Waals surface area (Å²) in [5, 5.41) is 26.9. The van der Waals surface area contributed by atoms with E-state index in [0.29, 0.717) is 126 Å². The van der Waals surface area contributed by atoms with Crippen LogP contribution in [0.5, 0.6) is 11.5 Å². The number of rotatable bonds is 27. The van der Waals surface area contributed by atoms with Crippen LogP contribution in [0.2, 0.25) is 0 Å². The molecule has 7 aliphatic rings. The van der Waals surface area contributed by atoms with E-state index in [1.54, 1.807) is 97.3 Å². The molecule has 7 N–H and O–H groups in total. The van der Waals surface area contributed by atoms with E-state index in [9.17, 15) is 48.3 Å².